The number of hydrogen-bond acceptors (Lipinski definition) is 6. The molecule has 72 valence electrons. The average molecular weight is 327 g/mol. The highest BCUT2D eigenvalue weighted by Gasteiger charge is 2.42. The molecular weight excluding hydrogens is 321 g/mol. The lowest BCUT2D eigenvalue weighted by Crippen LogP contribution is -2.62. The van der Waals surface area contributed by atoms with Crippen molar-refractivity contribution in [3.05, 3.63) is 0 Å². The summed E-state index contributed by atoms with van der Waals surface area (Å²) in [6, 6.07) is 0. The third-order valence-corrected chi connectivity index (χ3v) is 3.14. The fourth-order valence-electron chi connectivity index (χ4n) is 0.674. The van der Waals surface area contributed by atoms with Crippen LogP contribution >= 0.6 is 44.1 Å². The standard InChI is InChI=1S/C3H6Br2ClN3O3/c4-7-1(10)8(5)3(12)9(6)2(7)11/h1-3,10-12H. The van der Waals surface area contributed by atoms with Gasteiger partial charge in [0.1, 0.15) is 0 Å². The van der Waals surface area contributed by atoms with E-state index in [1.54, 1.807) is 0 Å². The van der Waals surface area contributed by atoms with Gasteiger partial charge >= 0.3 is 0 Å². The van der Waals surface area contributed by atoms with Crippen LogP contribution in [-0.2, 0) is 0 Å². The van der Waals surface area contributed by atoms with E-state index in [0.717, 1.165) is 7.85 Å². The van der Waals surface area contributed by atoms with Crippen LogP contribution in [0.1, 0.15) is 0 Å². The monoisotopic (exact) mass is 325 g/mol. The predicted molar refractivity (Wildman–Crippen MR) is 47.2 cm³/mol. The fourth-order valence-corrected chi connectivity index (χ4v) is 2.11. The van der Waals surface area contributed by atoms with Gasteiger partial charge in [0.2, 0.25) is 0 Å². The summed E-state index contributed by atoms with van der Waals surface area (Å²) in [5, 5.41) is 27.7. The highest BCUT2D eigenvalue weighted by Crippen LogP contribution is 2.28. The molecule has 3 N–H and O–H groups in total. The molecule has 0 spiro atoms. The molecule has 1 heterocycles. The number of aliphatic hydroxyl groups is 3. The molecule has 1 fully saturated rings. The predicted octanol–water partition coefficient (Wildman–Crippen LogP) is -0.493. The lowest BCUT2D eigenvalue weighted by Gasteiger charge is -2.43. The van der Waals surface area contributed by atoms with Crippen LogP contribution in [-0.4, -0.2) is 46.6 Å². The third-order valence-electron chi connectivity index (χ3n) is 1.32. The van der Waals surface area contributed by atoms with E-state index in [0.29, 0.717) is 4.42 Å². The lowest BCUT2D eigenvalue weighted by atomic mass is 10.6. The molecule has 6 nitrogen and oxygen atoms in total. The van der Waals surface area contributed by atoms with Crippen molar-refractivity contribution in [2.45, 2.75) is 19.1 Å². The Morgan fingerprint density at radius 1 is 0.917 bits per heavy atom. The van der Waals surface area contributed by atoms with Crippen LogP contribution < -0.4 is 0 Å². The van der Waals surface area contributed by atoms with E-state index in [2.05, 4.69) is 32.3 Å². The number of hydrogen-bond donors (Lipinski definition) is 3. The van der Waals surface area contributed by atoms with Gasteiger partial charge in [-0.15, -0.1) is 4.42 Å². The van der Waals surface area contributed by atoms with Crippen molar-refractivity contribution in [3.63, 3.8) is 0 Å². The highest BCUT2D eigenvalue weighted by atomic mass is 79.9. The molecule has 2 atom stereocenters. The van der Waals surface area contributed by atoms with E-state index >= 15 is 0 Å². The van der Waals surface area contributed by atoms with Gasteiger partial charge < -0.3 is 15.3 Å². The quantitative estimate of drug-likeness (QED) is 0.522. The van der Waals surface area contributed by atoms with Crippen LogP contribution in [0.2, 0.25) is 0 Å². The van der Waals surface area contributed by atoms with Crippen LogP contribution in [0.5, 0.6) is 0 Å². The van der Waals surface area contributed by atoms with Gasteiger partial charge in [0.25, 0.3) is 0 Å². The normalized spacial score (nSPS) is 42.0. The molecule has 0 aliphatic carbocycles. The molecule has 12 heavy (non-hydrogen) atoms. The largest absolute Gasteiger partial charge is 0.364 e. The Morgan fingerprint density at radius 2 is 1.25 bits per heavy atom. The van der Waals surface area contributed by atoms with Crippen molar-refractivity contribution in [2.24, 2.45) is 0 Å². The Labute approximate surface area is 90.7 Å². The smallest absolute Gasteiger partial charge is 0.195 e. The Bertz CT molecular complexity index is 118. The summed E-state index contributed by atoms with van der Waals surface area (Å²) < 4.78 is 2.62. The van der Waals surface area contributed by atoms with E-state index in [1.807, 2.05) is 0 Å². The Balaban J connectivity index is 2.76. The van der Waals surface area contributed by atoms with E-state index in [4.69, 9.17) is 11.8 Å². The average Bonchev–Trinajstić information content (AvgIpc) is 2.08. The molecule has 1 saturated heterocycles. The molecule has 0 amide bonds. The first kappa shape index (κ1) is 11.1. The molecule has 0 saturated carbocycles. The van der Waals surface area contributed by atoms with Gasteiger partial charge in [-0.25, -0.2) is 0 Å². The first-order valence-corrected chi connectivity index (χ1v) is 4.59. The number of rotatable bonds is 0. The number of aliphatic hydroxyl groups excluding tert-OH is 3. The van der Waals surface area contributed by atoms with Crippen molar-refractivity contribution in [3.8, 4) is 0 Å². The zero-order valence-corrected chi connectivity index (χ0v) is 9.48. The van der Waals surface area contributed by atoms with Gasteiger partial charge in [0, 0.05) is 32.3 Å². The second-order valence-corrected chi connectivity index (χ2v) is 4.10. The van der Waals surface area contributed by atoms with Gasteiger partial charge in [-0.2, -0.15) is 7.85 Å². The highest BCUT2D eigenvalue weighted by molar-refractivity contribution is 9.08. The summed E-state index contributed by atoms with van der Waals surface area (Å²) in [6.07, 6.45) is -3.85. The summed E-state index contributed by atoms with van der Waals surface area (Å²) >= 11 is 11.2. The molecule has 0 aromatic heterocycles. The number of nitrogens with zero attached hydrogens (tertiary/aromatic N) is 3. The van der Waals surface area contributed by atoms with Crippen LogP contribution in [0.3, 0.4) is 0 Å². The molecule has 0 radical (unpaired) electrons. The molecule has 0 bridgehead atoms. The summed E-state index contributed by atoms with van der Waals surface area (Å²) in [5.41, 5.74) is 0. The van der Waals surface area contributed by atoms with Crippen molar-refractivity contribution in [2.75, 3.05) is 0 Å². The summed E-state index contributed by atoms with van der Waals surface area (Å²) in [6.45, 7) is 0. The van der Waals surface area contributed by atoms with Crippen molar-refractivity contribution in [1.82, 2.24) is 12.3 Å². The second kappa shape index (κ2) is 4.03. The molecule has 2 unspecified atom stereocenters. The second-order valence-electron chi connectivity index (χ2n) is 2.07. The molecule has 9 heteroatoms. The zero-order valence-electron chi connectivity index (χ0n) is 5.55. The first-order valence-electron chi connectivity index (χ1n) is 2.83. The SMILES string of the molecule is OC1N(Cl)C(O)N(Br)C(O)N1Br. The molecule has 1 rings (SSSR count). The van der Waals surface area contributed by atoms with Gasteiger partial charge in [0.15, 0.2) is 19.1 Å². The maximum Gasteiger partial charge on any atom is 0.195 e. The minimum Gasteiger partial charge on any atom is -0.364 e. The molecular formula is C3H6Br2ClN3O3. The molecule has 0 aromatic carbocycles. The fraction of sp³-hybridized carbons (Fsp3) is 1.00. The summed E-state index contributed by atoms with van der Waals surface area (Å²) in [7, 11) is 0. The van der Waals surface area contributed by atoms with E-state index in [9.17, 15) is 15.3 Å². The van der Waals surface area contributed by atoms with Crippen molar-refractivity contribution < 1.29 is 15.3 Å². The summed E-state index contributed by atoms with van der Waals surface area (Å²) in [5.74, 6) is 0. The van der Waals surface area contributed by atoms with Crippen LogP contribution in [0, 0.1) is 0 Å². The first-order chi connectivity index (χ1) is 5.46. The lowest BCUT2D eigenvalue weighted by molar-refractivity contribution is -0.245. The minimum absolute atomic E-state index is 0.705. The van der Waals surface area contributed by atoms with Crippen molar-refractivity contribution >= 4 is 44.1 Å². The van der Waals surface area contributed by atoms with Crippen LogP contribution in [0.15, 0.2) is 0 Å². The Morgan fingerprint density at radius 3 is 1.58 bits per heavy atom. The summed E-state index contributed by atoms with van der Waals surface area (Å²) in [4.78, 5) is 0. The Hall–Kier alpha value is 1.01. The van der Waals surface area contributed by atoms with E-state index in [1.165, 1.54) is 0 Å². The van der Waals surface area contributed by atoms with E-state index in [-0.39, 0.29) is 0 Å². The maximum atomic E-state index is 9.26. The molecule has 1 aliphatic heterocycles. The zero-order chi connectivity index (χ0) is 9.46. The van der Waals surface area contributed by atoms with Gasteiger partial charge in [0.05, 0.1) is 0 Å². The number of halogens is 3. The van der Waals surface area contributed by atoms with Crippen molar-refractivity contribution in [1.29, 1.82) is 0 Å². The van der Waals surface area contributed by atoms with Gasteiger partial charge in [-0.1, -0.05) is 0 Å². The molecule has 1 aliphatic rings. The van der Waals surface area contributed by atoms with Gasteiger partial charge in [-0.3, -0.25) is 0 Å². The maximum absolute atomic E-state index is 9.26. The topological polar surface area (TPSA) is 70.4 Å². The minimum atomic E-state index is -1.31. The van der Waals surface area contributed by atoms with Crippen LogP contribution in [0.4, 0.5) is 0 Å². The van der Waals surface area contributed by atoms with E-state index < -0.39 is 19.1 Å². The van der Waals surface area contributed by atoms with Gasteiger partial charge in [-0.05, 0) is 11.8 Å². The molecule has 0 aromatic rings. The van der Waals surface area contributed by atoms with Crippen LogP contribution in [0.25, 0.3) is 0 Å². The third kappa shape index (κ3) is 1.76. The Kier molecular flexibility index (Phi) is 3.72.